The molecule has 0 nitrogen and oxygen atoms in total. The lowest BCUT2D eigenvalue weighted by molar-refractivity contribution is 0.682. The summed E-state index contributed by atoms with van der Waals surface area (Å²) in [6, 6.07) is 18.0. The first-order valence-electron chi connectivity index (χ1n) is 29.1. The Kier molecular flexibility index (Phi) is 13.3. The standard InChI is InChI=1S/C63H87P/c1-2-20-43(19-1)52-37-55(46-25-7-8-26-46)61(56(38-52)47-27-9-10-28-47)64(62-57(48-29-11-12-30-48)39-53(44-21-3-4-22-44)40-58(62)49-31-13-14-32-49)63-59(50-33-15-16-34-50)41-54(45-23-5-6-24-45)42-60(63)51-35-17-18-36-51/h37-51H,1-36H2. The molecule has 0 N–H and O–H groups in total. The van der Waals surface area contributed by atoms with Crippen LogP contribution in [0, 0.1) is 0 Å². The minimum absolute atomic E-state index is 0.741. The highest BCUT2D eigenvalue weighted by Crippen LogP contribution is 2.56. The van der Waals surface area contributed by atoms with Gasteiger partial charge in [0.1, 0.15) is 0 Å². The van der Waals surface area contributed by atoms with Gasteiger partial charge in [-0.05, 0) is 243 Å². The average molecular weight is 875 g/mol. The van der Waals surface area contributed by atoms with Gasteiger partial charge in [0, 0.05) is 0 Å². The van der Waals surface area contributed by atoms with Crippen LogP contribution in [0.1, 0.15) is 334 Å². The second-order valence-corrected chi connectivity index (χ2v) is 26.3. The van der Waals surface area contributed by atoms with Gasteiger partial charge in [-0.2, -0.15) is 0 Å². The van der Waals surface area contributed by atoms with Gasteiger partial charge in [-0.1, -0.05) is 152 Å². The van der Waals surface area contributed by atoms with Crippen LogP contribution in [-0.4, -0.2) is 0 Å². The molecule has 0 bridgehead atoms. The normalized spacial score (nSPS) is 25.6. The molecule has 12 rings (SSSR count). The zero-order valence-electron chi connectivity index (χ0n) is 40.6. The quantitative estimate of drug-likeness (QED) is 0.159. The van der Waals surface area contributed by atoms with Gasteiger partial charge in [-0.15, -0.1) is 0 Å². The van der Waals surface area contributed by atoms with Crippen molar-refractivity contribution in [2.45, 2.75) is 284 Å². The van der Waals surface area contributed by atoms with Crippen molar-refractivity contribution >= 4 is 23.8 Å². The summed E-state index contributed by atoms with van der Waals surface area (Å²) in [4.78, 5) is 0. The van der Waals surface area contributed by atoms with E-state index in [1.54, 1.807) is 16.7 Å². The van der Waals surface area contributed by atoms with Crippen LogP contribution in [0.25, 0.3) is 0 Å². The third-order valence-corrected chi connectivity index (χ3v) is 23.4. The molecule has 3 aromatic carbocycles. The summed E-state index contributed by atoms with van der Waals surface area (Å²) in [5, 5.41) is 6.03. The number of benzene rings is 3. The molecule has 0 amide bonds. The number of rotatable bonds is 12. The van der Waals surface area contributed by atoms with E-state index in [9.17, 15) is 0 Å². The van der Waals surface area contributed by atoms with E-state index in [4.69, 9.17) is 0 Å². The van der Waals surface area contributed by atoms with Gasteiger partial charge in [0.05, 0.1) is 0 Å². The van der Waals surface area contributed by atoms with Gasteiger partial charge in [0.15, 0.2) is 0 Å². The van der Waals surface area contributed by atoms with Gasteiger partial charge in [0.25, 0.3) is 0 Å². The molecule has 0 heterocycles. The van der Waals surface area contributed by atoms with Crippen LogP contribution in [-0.2, 0) is 0 Å². The number of hydrogen-bond acceptors (Lipinski definition) is 0. The highest BCUT2D eigenvalue weighted by Gasteiger charge is 2.42. The zero-order chi connectivity index (χ0) is 42.4. The van der Waals surface area contributed by atoms with Gasteiger partial charge in [0.2, 0.25) is 0 Å². The Morgan fingerprint density at radius 1 is 0.203 bits per heavy atom. The Hall–Kier alpha value is -1.91. The van der Waals surface area contributed by atoms with E-state index < -0.39 is 7.92 Å². The molecule has 0 aliphatic heterocycles. The maximum Gasteiger partial charge on any atom is -0.00808 e. The first-order valence-corrected chi connectivity index (χ1v) is 30.4. The van der Waals surface area contributed by atoms with Crippen LogP contribution in [0.3, 0.4) is 0 Å². The zero-order valence-corrected chi connectivity index (χ0v) is 41.5. The molecule has 9 fully saturated rings. The summed E-state index contributed by atoms with van der Waals surface area (Å²) in [5.41, 5.74) is 17.0. The van der Waals surface area contributed by atoms with Gasteiger partial charge in [-0.3, -0.25) is 0 Å². The largest absolute Gasteiger partial charge is 0.0546 e. The van der Waals surface area contributed by atoms with Crippen molar-refractivity contribution in [3.05, 3.63) is 86.5 Å². The molecule has 9 aliphatic carbocycles. The van der Waals surface area contributed by atoms with Crippen LogP contribution in [0.2, 0.25) is 0 Å². The molecule has 0 aromatic heterocycles. The Balaban J connectivity index is 1.22. The van der Waals surface area contributed by atoms with E-state index in [0.29, 0.717) is 0 Å². The summed E-state index contributed by atoms with van der Waals surface area (Å²) in [7, 11) is -0.741. The Morgan fingerprint density at radius 3 is 0.500 bits per heavy atom. The SMILES string of the molecule is c1c(C2CCCC2)cc(C2CCCC2)c(P(c2c(C3CCCC3)cc(C3CCCC3)cc2C2CCCC2)c2c(C3CCCC3)cc(C3CCCC3)cc2C2CCCC2)c1C1CCCC1. The van der Waals surface area contributed by atoms with Crippen LogP contribution < -0.4 is 15.9 Å². The third kappa shape index (κ3) is 8.50. The molecular formula is C63H87P. The van der Waals surface area contributed by atoms with Crippen molar-refractivity contribution in [2.24, 2.45) is 0 Å². The van der Waals surface area contributed by atoms with Gasteiger partial charge < -0.3 is 0 Å². The maximum atomic E-state index is 3.00. The lowest BCUT2D eigenvalue weighted by atomic mass is 9.84. The van der Waals surface area contributed by atoms with Gasteiger partial charge >= 0.3 is 0 Å². The van der Waals surface area contributed by atoms with Gasteiger partial charge in [-0.25, -0.2) is 0 Å². The van der Waals surface area contributed by atoms with Crippen LogP contribution >= 0.6 is 7.92 Å². The third-order valence-electron chi connectivity index (χ3n) is 20.5. The Bertz CT molecular complexity index is 1700. The van der Waals surface area contributed by atoms with E-state index in [-0.39, 0.29) is 0 Å². The highest BCUT2D eigenvalue weighted by atomic mass is 31.1. The van der Waals surface area contributed by atoms with Crippen molar-refractivity contribution in [3.8, 4) is 0 Å². The molecule has 1 heteroatoms. The Morgan fingerprint density at radius 2 is 0.344 bits per heavy atom. The Labute approximate surface area is 392 Å². The molecule has 0 spiro atoms. The molecule has 3 aromatic rings. The van der Waals surface area contributed by atoms with Crippen molar-refractivity contribution < 1.29 is 0 Å². The monoisotopic (exact) mass is 875 g/mol. The fraction of sp³-hybridized carbons (Fsp3) is 0.714. The van der Waals surface area contributed by atoms with Crippen molar-refractivity contribution in [1.82, 2.24) is 0 Å². The first kappa shape index (κ1) is 43.4. The summed E-state index contributed by atoms with van der Waals surface area (Å²) < 4.78 is 0. The summed E-state index contributed by atoms with van der Waals surface area (Å²) in [5.74, 6) is 6.92. The predicted molar refractivity (Wildman–Crippen MR) is 276 cm³/mol. The fourth-order valence-electron chi connectivity index (χ4n) is 17.0. The highest BCUT2D eigenvalue weighted by molar-refractivity contribution is 7.80. The van der Waals surface area contributed by atoms with E-state index in [2.05, 4.69) is 36.4 Å². The number of hydrogen-bond donors (Lipinski definition) is 0. The molecule has 344 valence electrons. The van der Waals surface area contributed by atoms with Crippen LogP contribution in [0.15, 0.2) is 36.4 Å². The van der Waals surface area contributed by atoms with Crippen LogP contribution in [0.4, 0.5) is 0 Å². The molecular weight excluding hydrogens is 788 g/mol. The summed E-state index contributed by atoms with van der Waals surface area (Å²) >= 11 is 0. The second-order valence-electron chi connectivity index (χ2n) is 24.3. The molecule has 0 atom stereocenters. The average Bonchev–Trinajstić information content (AvgIpc) is 4.20. The van der Waals surface area contributed by atoms with Crippen molar-refractivity contribution in [2.75, 3.05) is 0 Å². The van der Waals surface area contributed by atoms with E-state index in [1.807, 2.05) is 49.3 Å². The molecule has 9 saturated carbocycles. The van der Waals surface area contributed by atoms with E-state index in [0.717, 1.165) is 53.3 Å². The van der Waals surface area contributed by atoms with Crippen LogP contribution in [0.5, 0.6) is 0 Å². The minimum atomic E-state index is -0.741. The lowest BCUT2D eigenvalue weighted by Gasteiger charge is -2.39. The molecule has 64 heavy (non-hydrogen) atoms. The van der Waals surface area contributed by atoms with E-state index >= 15 is 0 Å². The molecule has 9 aliphatic rings. The molecule has 0 unspecified atom stereocenters. The van der Waals surface area contributed by atoms with Crippen molar-refractivity contribution in [3.63, 3.8) is 0 Å². The minimum Gasteiger partial charge on any atom is -0.0546 e. The molecule has 0 radical (unpaired) electrons. The maximum absolute atomic E-state index is 3.00. The smallest absolute Gasteiger partial charge is 0.00808 e. The summed E-state index contributed by atoms with van der Waals surface area (Å²) in [6.45, 7) is 0. The van der Waals surface area contributed by atoms with Crippen molar-refractivity contribution in [1.29, 1.82) is 0 Å². The first-order chi connectivity index (χ1) is 31.7. The second kappa shape index (κ2) is 19.6. The molecule has 0 saturated heterocycles. The fourth-order valence-corrected chi connectivity index (χ4v) is 20.7. The van der Waals surface area contributed by atoms with E-state index in [1.165, 1.54) is 231 Å². The topological polar surface area (TPSA) is 0 Å². The summed E-state index contributed by atoms with van der Waals surface area (Å²) in [6.07, 6.45) is 51.9. The predicted octanol–water partition coefficient (Wildman–Crippen LogP) is 18.4. The lowest BCUT2D eigenvalue weighted by Crippen LogP contribution is -2.36.